The molecule has 1 aromatic carbocycles. The number of aryl methyl sites for hydroxylation is 1. The van der Waals surface area contributed by atoms with E-state index < -0.39 is 0 Å². The number of nitrogens with zero attached hydrogens (tertiary/aromatic N) is 3. The molecule has 19 heavy (non-hydrogen) atoms. The lowest BCUT2D eigenvalue weighted by Gasteiger charge is -2.04. The number of rotatable bonds is 2. The summed E-state index contributed by atoms with van der Waals surface area (Å²) in [7, 11) is 1.91. The van der Waals surface area contributed by atoms with E-state index in [0.717, 1.165) is 16.8 Å². The van der Waals surface area contributed by atoms with Crippen LogP contribution in [0.15, 0.2) is 24.4 Å². The first-order valence-corrected chi connectivity index (χ1v) is 6.32. The molecule has 3 aromatic rings. The third kappa shape index (κ3) is 1.98. The molecule has 0 radical (unpaired) electrons. The third-order valence-corrected chi connectivity index (χ3v) is 3.72. The zero-order chi connectivity index (χ0) is 13.6. The zero-order valence-corrected chi connectivity index (χ0v) is 11.5. The number of hydrogen-bond donors (Lipinski definition) is 1. The highest BCUT2D eigenvalue weighted by Crippen LogP contribution is 2.18. The van der Waals surface area contributed by atoms with Crippen molar-refractivity contribution < 1.29 is 4.39 Å². The number of halogens is 1. The normalized spacial score (nSPS) is 11.3. The summed E-state index contributed by atoms with van der Waals surface area (Å²) in [6, 6.07) is 4.64. The molecule has 0 atom stereocenters. The van der Waals surface area contributed by atoms with Gasteiger partial charge in [0.2, 0.25) is 0 Å². The molecule has 0 bridgehead atoms. The van der Waals surface area contributed by atoms with Crippen LogP contribution in [0.25, 0.3) is 11.0 Å². The van der Waals surface area contributed by atoms with E-state index in [0.29, 0.717) is 16.8 Å². The Morgan fingerprint density at radius 1 is 1.42 bits per heavy atom. The molecule has 0 aliphatic rings. The van der Waals surface area contributed by atoms with Gasteiger partial charge in [0.15, 0.2) is 4.77 Å². The molecule has 0 aliphatic heterocycles. The van der Waals surface area contributed by atoms with Gasteiger partial charge in [0, 0.05) is 18.3 Å². The lowest BCUT2D eigenvalue weighted by atomic mass is 10.2. The highest BCUT2D eigenvalue weighted by atomic mass is 32.1. The minimum absolute atomic E-state index is 0.270. The van der Waals surface area contributed by atoms with Crippen molar-refractivity contribution >= 4 is 23.3 Å². The Bertz CT molecular complexity index is 812. The summed E-state index contributed by atoms with van der Waals surface area (Å²) in [6.45, 7) is 2.64. The summed E-state index contributed by atoms with van der Waals surface area (Å²) in [5, 5.41) is 4.22. The highest BCUT2D eigenvalue weighted by Gasteiger charge is 2.09. The van der Waals surface area contributed by atoms with E-state index in [9.17, 15) is 4.39 Å². The summed E-state index contributed by atoms with van der Waals surface area (Å²) >= 11 is 5.30. The van der Waals surface area contributed by atoms with Gasteiger partial charge in [-0.3, -0.25) is 4.68 Å². The van der Waals surface area contributed by atoms with E-state index >= 15 is 0 Å². The van der Waals surface area contributed by atoms with Crippen molar-refractivity contribution in [1.29, 1.82) is 0 Å². The number of fused-ring (bicyclic) bond motifs is 1. The van der Waals surface area contributed by atoms with Gasteiger partial charge in [-0.2, -0.15) is 5.10 Å². The molecule has 0 aliphatic carbocycles. The Balaban J connectivity index is 2.13. The Morgan fingerprint density at radius 3 is 2.89 bits per heavy atom. The van der Waals surface area contributed by atoms with Gasteiger partial charge in [0.25, 0.3) is 0 Å². The number of benzene rings is 1. The maximum Gasteiger partial charge on any atom is 0.178 e. The molecule has 0 spiro atoms. The van der Waals surface area contributed by atoms with E-state index in [-0.39, 0.29) is 5.82 Å². The number of H-pyrrole nitrogens is 1. The predicted molar refractivity (Wildman–Crippen MR) is 74.1 cm³/mol. The molecule has 6 heteroatoms. The van der Waals surface area contributed by atoms with Crippen LogP contribution in [0.3, 0.4) is 0 Å². The number of imidazole rings is 1. The number of nitrogens with one attached hydrogen (secondary N) is 1. The molecule has 0 unspecified atom stereocenters. The zero-order valence-electron chi connectivity index (χ0n) is 10.6. The largest absolute Gasteiger partial charge is 0.330 e. The summed E-state index contributed by atoms with van der Waals surface area (Å²) in [4.78, 5) is 3.02. The quantitative estimate of drug-likeness (QED) is 0.731. The van der Waals surface area contributed by atoms with Gasteiger partial charge in [-0.05, 0) is 37.3 Å². The Hall–Kier alpha value is -1.95. The molecule has 0 fully saturated rings. The van der Waals surface area contributed by atoms with Crippen LogP contribution < -0.4 is 0 Å². The first-order chi connectivity index (χ1) is 9.06. The molecule has 1 N–H and O–H groups in total. The van der Waals surface area contributed by atoms with Crippen molar-refractivity contribution in [1.82, 2.24) is 19.3 Å². The van der Waals surface area contributed by atoms with Gasteiger partial charge >= 0.3 is 0 Å². The number of aromatic amines is 1. The van der Waals surface area contributed by atoms with Gasteiger partial charge in [-0.15, -0.1) is 0 Å². The van der Waals surface area contributed by atoms with E-state index in [2.05, 4.69) is 10.1 Å². The second kappa shape index (κ2) is 4.31. The first kappa shape index (κ1) is 12.1. The van der Waals surface area contributed by atoms with Crippen molar-refractivity contribution in [3.05, 3.63) is 46.2 Å². The molecule has 98 valence electrons. The van der Waals surface area contributed by atoms with Gasteiger partial charge in [0.1, 0.15) is 5.82 Å². The van der Waals surface area contributed by atoms with Crippen LogP contribution in [0.4, 0.5) is 4.39 Å². The van der Waals surface area contributed by atoms with E-state index in [1.807, 2.05) is 29.4 Å². The SMILES string of the molecule is Cc1c(Cn2c(=S)[nH]c3cc(F)ccc32)cnn1C. The van der Waals surface area contributed by atoms with Crippen LogP contribution in [-0.4, -0.2) is 19.3 Å². The molecule has 0 amide bonds. The van der Waals surface area contributed by atoms with Gasteiger partial charge in [-0.1, -0.05) is 0 Å². The van der Waals surface area contributed by atoms with E-state index in [4.69, 9.17) is 12.2 Å². The summed E-state index contributed by atoms with van der Waals surface area (Å²) in [5.74, 6) is -0.270. The standard InChI is InChI=1S/C13H13FN4S/c1-8-9(6-15-17(8)2)7-18-12-4-3-10(14)5-11(12)16-13(18)19/h3-6H,7H2,1-2H3,(H,16,19). The molecule has 2 aromatic heterocycles. The predicted octanol–water partition coefficient (Wildman–Crippen LogP) is 2.93. The highest BCUT2D eigenvalue weighted by molar-refractivity contribution is 7.71. The Morgan fingerprint density at radius 2 is 2.21 bits per heavy atom. The van der Waals surface area contributed by atoms with Crippen molar-refractivity contribution in [3.63, 3.8) is 0 Å². The second-order valence-electron chi connectivity index (χ2n) is 4.56. The van der Waals surface area contributed by atoms with Crippen LogP contribution in [0.1, 0.15) is 11.3 Å². The summed E-state index contributed by atoms with van der Waals surface area (Å²) in [5.41, 5.74) is 3.81. The monoisotopic (exact) mass is 276 g/mol. The molecule has 3 rings (SSSR count). The third-order valence-electron chi connectivity index (χ3n) is 3.40. The van der Waals surface area contributed by atoms with Crippen LogP contribution in [0.2, 0.25) is 0 Å². The first-order valence-electron chi connectivity index (χ1n) is 5.92. The van der Waals surface area contributed by atoms with Crippen molar-refractivity contribution in [2.75, 3.05) is 0 Å². The van der Waals surface area contributed by atoms with Crippen LogP contribution in [0, 0.1) is 17.5 Å². The van der Waals surface area contributed by atoms with E-state index in [1.165, 1.54) is 12.1 Å². The Kier molecular flexibility index (Phi) is 2.74. The molecule has 0 saturated carbocycles. The summed E-state index contributed by atoms with van der Waals surface area (Å²) in [6.07, 6.45) is 1.83. The molecule has 4 nitrogen and oxygen atoms in total. The van der Waals surface area contributed by atoms with Crippen molar-refractivity contribution in [2.45, 2.75) is 13.5 Å². The maximum atomic E-state index is 13.2. The average Bonchev–Trinajstić information content (AvgIpc) is 2.84. The van der Waals surface area contributed by atoms with Crippen molar-refractivity contribution in [2.24, 2.45) is 7.05 Å². The Labute approximate surface area is 114 Å². The minimum atomic E-state index is -0.270. The minimum Gasteiger partial charge on any atom is -0.330 e. The van der Waals surface area contributed by atoms with Gasteiger partial charge in [0.05, 0.1) is 23.8 Å². The fourth-order valence-corrected chi connectivity index (χ4v) is 2.44. The van der Waals surface area contributed by atoms with Crippen molar-refractivity contribution in [3.8, 4) is 0 Å². The number of hydrogen-bond acceptors (Lipinski definition) is 2. The maximum absolute atomic E-state index is 13.2. The molecular formula is C13H13FN4S. The molecule has 0 saturated heterocycles. The average molecular weight is 276 g/mol. The molecule has 2 heterocycles. The fraction of sp³-hybridized carbons (Fsp3) is 0.231. The van der Waals surface area contributed by atoms with E-state index in [1.54, 1.807) is 6.07 Å². The van der Waals surface area contributed by atoms with Gasteiger partial charge in [-0.25, -0.2) is 4.39 Å². The topological polar surface area (TPSA) is 38.5 Å². The molecular weight excluding hydrogens is 263 g/mol. The lowest BCUT2D eigenvalue weighted by molar-refractivity contribution is 0.629. The smallest absolute Gasteiger partial charge is 0.178 e. The lowest BCUT2D eigenvalue weighted by Crippen LogP contribution is -2.01. The summed E-state index contributed by atoms with van der Waals surface area (Å²) < 4.78 is 17.6. The van der Waals surface area contributed by atoms with Gasteiger partial charge < -0.3 is 9.55 Å². The fourth-order valence-electron chi connectivity index (χ4n) is 2.16. The van der Waals surface area contributed by atoms with Crippen LogP contribution >= 0.6 is 12.2 Å². The van der Waals surface area contributed by atoms with Crippen LogP contribution in [-0.2, 0) is 13.6 Å². The number of aromatic nitrogens is 4. The van der Waals surface area contributed by atoms with Crippen LogP contribution in [0.5, 0.6) is 0 Å². The second-order valence-corrected chi connectivity index (χ2v) is 4.94.